The number of rotatable bonds is 6. The van der Waals surface area contributed by atoms with E-state index in [1.165, 1.54) is 21.2 Å². The van der Waals surface area contributed by atoms with Gasteiger partial charge in [-0.25, -0.2) is 0 Å². The van der Waals surface area contributed by atoms with Crippen molar-refractivity contribution < 1.29 is 14.3 Å². The lowest BCUT2D eigenvalue weighted by Gasteiger charge is -2.37. The van der Waals surface area contributed by atoms with Crippen molar-refractivity contribution in [2.75, 3.05) is 44.2 Å². The van der Waals surface area contributed by atoms with Crippen LogP contribution in [0.15, 0.2) is 32.5 Å². The molecule has 34 heavy (non-hydrogen) atoms. The lowest BCUT2D eigenvalue weighted by Crippen LogP contribution is -2.49. The van der Waals surface area contributed by atoms with Crippen molar-refractivity contribution in [1.29, 1.82) is 5.26 Å². The number of carbonyl (C=O) groups excluding carboxylic acids is 1. The number of thiocarbonyl (C=S) groups is 1. The van der Waals surface area contributed by atoms with E-state index < -0.39 is 0 Å². The van der Waals surface area contributed by atoms with Crippen LogP contribution in [0.5, 0.6) is 0 Å². The highest BCUT2D eigenvalue weighted by molar-refractivity contribution is 8.26. The Balaban J connectivity index is 1.74. The first kappa shape index (κ1) is 24.2. The molecule has 0 saturated carbocycles. The van der Waals surface area contributed by atoms with Gasteiger partial charge in [0.15, 0.2) is 0 Å². The summed E-state index contributed by atoms with van der Waals surface area (Å²) in [6, 6.07) is 5.57. The molecule has 178 valence electrons. The second-order valence-electron chi connectivity index (χ2n) is 8.11. The summed E-state index contributed by atoms with van der Waals surface area (Å²) >= 11 is 6.64. The van der Waals surface area contributed by atoms with Crippen molar-refractivity contribution in [3.05, 3.63) is 56.1 Å². The first-order chi connectivity index (χ1) is 16.3. The smallest absolute Gasteiger partial charge is 0.270 e. The van der Waals surface area contributed by atoms with Gasteiger partial charge in [0.1, 0.15) is 27.5 Å². The van der Waals surface area contributed by atoms with E-state index in [-0.39, 0.29) is 30.2 Å². The summed E-state index contributed by atoms with van der Waals surface area (Å²) in [5, 5.41) is 18.9. The first-order valence-corrected chi connectivity index (χ1v) is 12.1. The zero-order valence-corrected chi connectivity index (χ0v) is 20.6. The van der Waals surface area contributed by atoms with Gasteiger partial charge in [0.05, 0.1) is 24.3 Å². The highest BCUT2D eigenvalue weighted by Gasteiger charge is 2.34. The average molecular weight is 500 g/mol. The van der Waals surface area contributed by atoms with Gasteiger partial charge in [0.25, 0.3) is 11.5 Å². The van der Waals surface area contributed by atoms with E-state index in [1.807, 2.05) is 6.07 Å². The number of amides is 1. The van der Waals surface area contributed by atoms with Crippen molar-refractivity contribution in [2.45, 2.75) is 13.5 Å². The Labute approximate surface area is 206 Å². The molecule has 4 heterocycles. The number of nitrogens with zero attached hydrogens (tertiary/aromatic N) is 5. The summed E-state index contributed by atoms with van der Waals surface area (Å²) in [5.41, 5.74) is 0.889. The lowest BCUT2D eigenvalue weighted by molar-refractivity contribution is -0.122. The van der Waals surface area contributed by atoms with Gasteiger partial charge >= 0.3 is 0 Å². The van der Waals surface area contributed by atoms with E-state index in [0.717, 1.165) is 13.1 Å². The van der Waals surface area contributed by atoms with Gasteiger partial charge in [0.2, 0.25) is 0 Å². The van der Waals surface area contributed by atoms with Gasteiger partial charge < -0.3 is 14.4 Å². The Kier molecular flexibility index (Phi) is 7.23. The van der Waals surface area contributed by atoms with Gasteiger partial charge in [-0.3, -0.25) is 24.0 Å². The average Bonchev–Trinajstić information content (AvgIpc) is 3.43. The Morgan fingerprint density at radius 3 is 2.65 bits per heavy atom. The zero-order valence-electron chi connectivity index (χ0n) is 19.0. The molecule has 2 aliphatic heterocycles. The van der Waals surface area contributed by atoms with Crippen LogP contribution in [-0.2, 0) is 18.4 Å². The maximum Gasteiger partial charge on any atom is 0.270 e. The highest BCUT2D eigenvalue weighted by atomic mass is 32.2. The van der Waals surface area contributed by atoms with Crippen molar-refractivity contribution in [2.24, 2.45) is 7.05 Å². The standard InChI is InChI=1S/C23H25N5O4S2/c1-15-17(12-19-22(31)28(23(33)34-19)14-16-4-3-11-32-16)20(25(2)21(30)18(15)13-24)27-7-5-26(6-8-27)9-10-29/h3-4,11-12,29H,5-10,14H2,1-2H3. The van der Waals surface area contributed by atoms with Crippen LogP contribution >= 0.6 is 24.0 Å². The van der Waals surface area contributed by atoms with Crippen molar-refractivity contribution in [3.63, 3.8) is 0 Å². The number of aromatic nitrogens is 1. The number of piperazine rings is 1. The zero-order chi connectivity index (χ0) is 24.4. The fraction of sp³-hybridized carbons (Fsp3) is 0.391. The Hall–Kier alpha value is -2.91. The number of hydrogen-bond donors (Lipinski definition) is 1. The van der Waals surface area contributed by atoms with E-state index in [4.69, 9.17) is 16.6 Å². The Morgan fingerprint density at radius 2 is 2.03 bits per heavy atom. The summed E-state index contributed by atoms with van der Waals surface area (Å²) in [5.74, 6) is 1.06. The SMILES string of the molecule is Cc1c(C=C2SC(=S)N(Cc3ccco3)C2=O)c(N2CCN(CCO)CC2)n(C)c(=O)c1C#N. The lowest BCUT2D eigenvalue weighted by atomic mass is 10.0. The molecule has 2 fully saturated rings. The molecular weight excluding hydrogens is 474 g/mol. The maximum atomic E-state index is 13.2. The summed E-state index contributed by atoms with van der Waals surface area (Å²) in [6.07, 6.45) is 3.29. The molecule has 0 aromatic carbocycles. The molecule has 9 nitrogen and oxygen atoms in total. The van der Waals surface area contributed by atoms with E-state index in [9.17, 15) is 20.0 Å². The van der Waals surface area contributed by atoms with Gasteiger partial charge in [-0.15, -0.1) is 0 Å². The Bertz CT molecular complexity index is 1240. The van der Waals surface area contributed by atoms with Crippen molar-refractivity contribution in [1.82, 2.24) is 14.4 Å². The van der Waals surface area contributed by atoms with Crippen LogP contribution in [0, 0.1) is 18.3 Å². The van der Waals surface area contributed by atoms with Gasteiger partial charge in [-0.2, -0.15) is 5.26 Å². The molecule has 2 aromatic heterocycles. The number of thioether (sulfide) groups is 1. The summed E-state index contributed by atoms with van der Waals surface area (Å²) in [7, 11) is 1.65. The van der Waals surface area contributed by atoms with Crippen LogP contribution in [-0.4, -0.2) is 69.0 Å². The molecule has 11 heteroatoms. The fourth-order valence-corrected chi connectivity index (χ4v) is 5.48. The minimum atomic E-state index is -0.365. The molecule has 2 aliphatic rings. The quantitative estimate of drug-likeness (QED) is 0.469. The van der Waals surface area contributed by atoms with Crippen molar-refractivity contribution >= 4 is 46.1 Å². The summed E-state index contributed by atoms with van der Waals surface area (Å²) < 4.78 is 7.28. The number of pyridine rings is 1. The van der Waals surface area contributed by atoms with Crippen LogP contribution in [0.2, 0.25) is 0 Å². The number of β-amino-alcohol motifs (C(OH)–C–C–N with tert-alkyl or cyclic N) is 1. The summed E-state index contributed by atoms with van der Waals surface area (Å²) in [4.78, 5) is 32.3. The molecule has 1 amide bonds. The van der Waals surface area contributed by atoms with Gasteiger partial charge in [-0.05, 0) is 30.7 Å². The molecule has 1 N–H and O–H groups in total. The molecular formula is C23H25N5O4S2. The third-order valence-corrected chi connectivity index (χ3v) is 7.48. The maximum absolute atomic E-state index is 13.2. The molecule has 0 aliphatic carbocycles. The third-order valence-electron chi connectivity index (χ3n) is 6.10. The highest BCUT2D eigenvalue weighted by Crippen LogP contribution is 2.36. The normalized spacial score (nSPS) is 18.2. The Morgan fingerprint density at radius 1 is 1.29 bits per heavy atom. The molecule has 0 unspecified atom stereocenters. The number of aliphatic hydroxyl groups excluding tert-OH is 1. The van der Waals surface area contributed by atoms with Crippen LogP contribution in [0.3, 0.4) is 0 Å². The molecule has 4 rings (SSSR count). The largest absolute Gasteiger partial charge is 0.467 e. The summed E-state index contributed by atoms with van der Waals surface area (Å²) in [6.45, 7) is 5.45. The van der Waals surface area contributed by atoms with E-state index in [2.05, 4.69) is 9.80 Å². The van der Waals surface area contributed by atoms with E-state index >= 15 is 0 Å². The predicted octanol–water partition coefficient (Wildman–Crippen LogP) is 1.67. The molecule has 2 saturated heterocycles. The van der Waals surface area contributed by atoms with Crippen LogP contribution in [0.1, 0.15) is 22.5 Å². The molecule has 2 aromatic rings. The predicted molar refractivity (Wildman–Crippen MR) is 134 cm³/mol. The number of nitriles is 1. The monoisotopic (exact) mass is 499 g/mol. The van der Waals surface area contributed by atoms with E-state index in [1.54, 1.807) is 38.4 Å². The van der Waals surface area contributed by atoms with Crippen LogP contribution in [0.25, 0.3) is 6.08 Å². The number of carbonyl (C=O) groups is 1. The van der Waals surface area contributed by atoms with Crippen LogP contribution in [0.4, 0.5) is 5.82 Å². The molecule has 0 bridgehead atoms. The number of hydrogen-bond acceptors (Lipinski definition) is 9. The second-order valence-corrected chi connectivity index (χ2v) is 9.79. The van der Waals surface area contributed by atoms with Gasteiger partial charge in [0, 0.05) is 45.3 Å². The van der Waals surface area contributed by atoms with Gasteiger partial charge in [-0.1, -0.05) is 24.0 Å². The molecule has 0 atom stereocenters. The molecule has 0 radical (unpaired) electrons. The van der Waals surface area contributed by atoms with Crippen molar-refractivity contribution in [3.8, 4) is 6.07 Å². The number of aliphatic hydroxyl groups is 1. The van der Waals surface area contributed by atoms with Crippen LogP contribution < -0.4 is 10.5 Å². The minimum Gasteiger partial charge on any atom is -0.467 e. The number of furan rings is 1. The first-order valence-electron chi connectivity index (χ1n) is 10.8. The minimum absolute atomic E-state index is 0.0579. The third kappa shape index (κ3) is 4.54. The topological polar surface area (TPSA) is 106 Å². The second kappa shape index (κ2) is 10.1. The fourth-order valence-electron chi connectivity index (χ4n) is 4.24. The molecule has 0 spiro atoms. The number of anilines is 1. The van der Waals surface area contributed by atoms with E-state index in [0.29, 0.717) is 51.6 Å².